The minimum Gasteiger partial charge on any atom is -0.321 e. The summed E-state index contributed by atoms with van der Waals surface area (Å²) in [5.41, 5.74) is -1.20. The van der Waals surface area contributed by atoms with Crippen LogP contribution in [-0.4, -0.2) is 5.91 Å². The summed E-state index contributed by atoms with van der Waals surface area (Å²) < 4.78 is 40.2. The number of carbonyl (C=O) groups excluding carboxylic acids is 1. The van der Waals surface area contributed by atoms with Crippen molar-refractivity contribution in [2.75, 3.05) is 5.32 Å². The standard InChI is InChI=1S/C20H11ClF3NOS/c21-17-16-12-6-2-1-5-11(12)9-10-15(16)27-18(17)19(26)25-14-8-4-3-7-13(14)20(22,23)24/h1-10H,(H,25,26). The van der Waals surface area contributed by atoms with E-state index in [9.17, 15) is 18.0 Å². The van der Waals surface area contributed by atoms with Gasteiger partial charge >= 0.3 is 6.18 Å². The average Bonchev–Trinajstić information content (AvgIpc) is 2.98. The molecule has 0 spiro atoms. The van der Waals surface area contributed by atoms with Crippen LogP contribution in [-0.2, 0) is 6.18 Å². The average molecular weight is 406 g/mol. The molecule has 0 bridgehead atoms. The summed E-state index contributed by atoms with van der Waals surface area (Å²) in [4.78, 5) is 12.8. The van der Waals surface area contributed by atoms with E-state index in [1.165, 1.54) is 18.2 Å². The normalized spacial score (nSPS) is 11.9. The topological polar surface area (TPSA) is 29.1 Å². The van der Waals surface area contributed by atoms with Crippen molar-refractivity contribution < 1.29 is 18.0 Å². The van der Waals surface area contributed by atoms with Crippen LogP contribution in [0.15, 0.2) is 60.7 Å². The maximum absolute atomic E-state index is 13.1. The molecule has 27 heavy (non-hydrogen) atoms. The number of fused-ring (bicyclic) bond motifs is 3. The summed E-state index contributed by atoms with van der Waals surface area (Å²) in [7, 11) is 0. The molecule has 7 heteroatoms. The second-order valence-electron chi connectivity index (χ2n) is 5.90. The third-order valence-electron chi connectivity index (χ3n) is 4.21. The number of para-hydroxylation sites is 1. The highest BCUT2D eigenvalue weighted by atomic mass is 35.5. The molecule has 0 saturated heterocycles. The summed E-state index contributed by atoms with van der Waals surface area (Å²) in [6.45, 7) is 0. The minimum atomic E-state index is -4.57. The van der Waals surface area contributed by atoms with Crippen LogP contribution in [0.2, 0.25) is 5.02 Å². The number of nitrogens with one attached hydrogen (secondary N) is 1. The fourth-order valence-electron chi connectivity index (χ4n) is 3.00. The van der Waals surface area contributed by atoms with Crippen LogP contribution in [0.5, 0.6) is 0 Å². The monoisotopic (exact) mass is 405 g/mol. The van der Waals surface area contributed by atoms with Crippen LogP contribution in [0, 0.1) is 0 Å². The lowest BCUT2D eigenvalue weighted by molar-refractivity contribution is -0.136. The van der Waals surface area contributed by atoms with Gasteiger partial charge in [0.25, 0.3) is 5.91 Å². The van der Waals surface area contributed by atoms with Gasteiger partial charge in [-0.2, -0.15) is 13.2 Å². The first kappa shape index (κ1) is 17.8. The van der Waals surface area contributed by atoms with E-state index in [-0.39, 0.29) is 15.6 Å². The number of alkyl halides is 3. The van der Waals surface area contributed by atoms with Gasteiger partial charge in [-0.15, -0.1) is 11.3 Å². The van der Waals surface area contributed by atoms with Gasteiger partial charge in [0, 0.05) is 10.1 Å². The minimum absolute atomic E-state index is 0.181. The number of thiophene rings is 1. The molecule has 0 aliphatic rings. The molecular weight excluding hydrogens is 395 g/mol. The van der Waals surface area contributed by atoms with E-state index in [4.69, 9.17) is 11.6 Å². The zero-order valence-electron chi connectivity index (χ0n) is 13.6. The van der Waals surface area contributed by atoms with Crippen molar-refractivity contribution in [3.8, 4) is 0 Å². The molecular formula is C20H11ClF3NOS. The molecule has 1 amide bonds. The Morgan fingerprint density at radius 2 is 1.67 bits per heavy atom. The van der Waals surface area contributed by atoms with E-state index in [0.29, 0.717) is 0 Å². The Balaban J connectivity index is 1.79. The zero-order valence-corrected chi connectivity index (χ0v) is 15.2. The number of hydrogen-bond acceptors (Lipinski definition) is 2. The third kappa shape index (κ3) is 3.15. The summed E-state index contributed by atoms with van der Waals surface area (Å²) >= 11 is 7.61. The zero-order chi connectivity index (χ0) is 19.2. The number of benzene rings is 3. The Hall–Kier alpha value is -2.57. The van der Waals surface area contributed by atoms with Crippen LogP contribution in [0.3, 0.4) is 0 Å². The van der Waals surface area contributed by atoms with E-state index < -0.39 is 17.6 Å². The van der Waals surface area contributed by atoms with E-state index in [1.54, 1.807) is 0 Å². The van der Waals surface area contributed by atoms with Crippen molar-refractivity contribution in [2.45, 2.75) is 6.18 Å². The largest absolute Gasteiger partial charge is 0.418 e. The summed E-state index contributed by atoms with van der Waals surface area (Å²) in [6, 6.07) is 16.2. The Morgan fingerprint density at radius 1 is 0.963 bits per heavy atom. The van der Waals surface area contributed by atoms with Gasteiger partial charge in [0.15, 0.2) is 0 Å². The lowest BCUT2D eigenvalue weighted by atomic mass is 10.1. The first-order valence-electron chi connectivity index (χ1n) is 7.93. The van der Waals surface area contributed by atoms with E-state index in [1.807, 2.05) is 36.4 Å². The summed E-state index contributed by atoms with van der Waals surface area (Å²) in [5.74, 6) is -0.665. The van der Waals surface area contributed by atoms with Crippen LogP contribution in [0.4, 0.5) is 18.9 Å². The summed E-state index contributed by atoms with van der Waals surface area (Å²) in [5, 5.41) is 5.19. The van der Waals surface area contributed by atoms with Gasteiger partial charge in [0.2, 0.25) is 0 Å². The Kier molecular flexibility index (Phi) is 4.32. The Bertz CT molecular complexity index is 1180. The van der Waals surface area contributed by atoms with Crippen LogP contribution in [0.1, 0.15) is 15.2 Å². The molecule has 0 fully saturated rings. The van der Waals surface area contributed by atoms with E-state index in [0.717, 1.165) is 38.3 Å². The molecule has 136 valence electrons. The Morgan fingerprint density at radius 3 is 2.44 bits per heavy atom. The molecule has 0 aliphatic carbocycles. The SMILES string of the molecule is O=C(Nc1ccccc1C(F)(F)F)c1sc2ccc3ccccc3c2c1Cl. The highest BCUT2D eigenvalue weighted by Crippen LogP contribution is 2.41. The van der Waals surface area contributed by atoms with Gasteiger partial charge in [-0.1, -0.05) is 54.1 Å². The molecule has 0 atom stereocenters. The molecule has 4 aromatic rings. The molecule has 4 rings (SSSR count). The van der Waals surface area contributed by atoms with Gasteiger partial charge in [0.05, 0.1) is 16.3 Å². The number of hydrogen-bond donors (Lipinski definition) is 1. The molecule has 0 unspecified atom stereocenters. The van der Waals surface area contributed by atoms with Crippen LogP contribution >= 0.6 is 22.9 Å². The van der Waals surface area contributed by atoms with Crippen molar-refractivity contribution in [1.82, 2.24) is 0 Å². The fraction of sp³-hybridized carbons (Fsp3) is 0.0500. The first-order chi connectivity index (χ1) is 12.9. The number of carbonyl (C=O) groups is 1. The van der Waals surface area contributed by atoms with Crippen molar-refractivity contribution in [3.63, 3.8) is 0 Å². The number of rotatable bonds is 2. The van der Waals surface area contributed by atoms with Gasteiger partial charge in [0.1, 0.15) is 4.88 Å². The van der Waals surface area contributed by atoms with Gasteiger partial charge in [-0.3, -0.25) is 4.79 Å². The maximum Gasteiger partial charge on any atom is 0.418 e. The van der Waals surface area contributed by atoms with Crippen molar-refractivity contribution >= 4 is 55.4 Å². The van der Waals surface area contributed by atoms with Gasteiger partial charge in [-0.25, -0.2) is 0 Å². The first-order valence-corrected chi connectivity index (χ1v) is 9.13. The Labute approximate surface area is 161 Å². The summed E-state index contributed by atoms with van der Waals surface area (Å²) in [6.07, 6.45) is -4.57. The van der Waals surface area contributed by atoms with E-state index in [2.05, 4.69) is 5.32 Å². The lowest BCUT2D eigenvalue weighted by Crippen LogP contribution is -2.16. The van der Waals surface area contributed by atoms with Gasteiger partial charge < -0.3 is 5.32 Å². The number of halogens is 4. The molecule has 0 aliphatic heterocycles. The maximum atomic E-state index is 13.1. The molecule has 2 nitrogen and oxygen atoms in total. The second kappa shape index (κ2) is 6.55. The molecule has 1 heterocycles. The van der Waals surface area contributed by atoms with Crippen molar-refractivity contribution in [2.24, 2.45) is 0 Å². The van der Waals surface area contributed by atoms with Crippen molar-refractivity contribution in [3.05, 3.63) is 76.1 Å². The molecule has 1 aromatic heterocycles. The highest BCUT2D eigenvalue weighted by Gasteiger charge is 2.34. The van der Waals surface area contributed by atoms with E-state index >= 15 is 0 Å². The fourth-order valence-corrected chi connectivity index (χ4v) is 4.46. The molecule has 0 saturated carbocycles. The van der Waals surface area contributed by atoms with Gasteiger partial charge in [-0.05, 0) is 29.0 Å². The predicted molar refractivity (Wildman–Crippen MR) is 104 cm³/mol. The number of anilines is 1. The molecule has 1 N–H and O–H groups in total. The van der Waals surface area contributed by atoms with Crippen molar-refractivity contribution in [1.29, 1.82) is 0 Å². The quantitative estimate of drug-likeness (QED) is 0.383. The third-order valence-corrected chi connectivity index (χ3v) is 5.85. The molecule has 3 aromatic carbocycles. The predicted octanol–water partition coefficient (Wildman–Crippen LogP) is 6.98. The molecule has 0 radical (unpaired) electrons. The highest BCUT2D eigenvalue weighted by molar-refractivity contribution is 7.22. The smallest absolute Gasteiger partial charge is 0.321 e. The second-order valence-corrected chi connectivity index (χ2v) is 7.33. The lowest BCUT2D eigenvalue weighted by Gasteiger charge is -2.13. The van der Waals surface area contributed by atoms with Crippen LogP contribution in [0.25, 0.3) is 20.9 Å². The van der Waals surface area contributed by atoms with Crippen LogP contribution < -0.4 is 5.32 Å². The number of amides is 1.